The number of nitrogens with one attached hydrogen (secondary N) is 1. The number of benzene rings is 3. The van der Waals surface area contributed by atoms with Crippen molar-refractivity contribution in [1.29, 1.82) is 0 Å². The number of nitrogens with zero attached hydrogens (tertiary/aromatic N) is 3. The second-order valence-electron chi connectivity index (χ2n) is 7.36. The number of carbonyl (C=O) groups excluding carboxylic acids is 1. The Morgan fingerprint density at radius 2 is 1.48 bits per heavy atom. The molecule has 8 heteroatoms. The van der Waals surface area contributed by atoms with E-state index in [1.54, 1.807) is 30.1 Å². The Bertz CT molecular complexity index is 1260. The van der Waals surface area contributed by atoms with Crippen LogP contribution in [0.15, 0.2) is 54.6 Å². The number of aryl methyl sites for hydroxylation is 1. The third-order valence-corrected chi connectivity index (χ3v) is 5.04. The molecule has 3 aromatic carbocycles. The third kappa shape index (κ3) is 4.90. The zero-order valence-corrected chi connectivity index (χ0v) is 19.1. The topological polar surface area (TPSA) is 87.5 Å². The molecule has 0 aliphatic carbocycles. The van der Waals surface area contributed by atoms with Crippen LogP contribution >= 0.6 is 0 Å². The lowest BCUT2D eigenvalue weighted by Gasteiger charge is -2.12. The van der Waals surface area contributed by atoms with Gasteiger partial charge < -0.3 is 19.5 Å². The molecule has 0 saturated heterocycles. The van der Waals surface area contributed by atoms with Gasteiger partial charge in [-0.05, 0) is 74.9 Å². The highest BCUT2D eigenvalue weighted by Gasteiger charge is 2.14. The van der Waals surface area contributed by atoms with Gasteiger partial charge in [0.05, 0.1) is 26.0 Å². The summed E-state index contributed by atoms with van der Waals surface area (Å²) in [6.45, 7) is 6.70. The third-order valence-electron chi connectivity index (χ3n) is 5.04. The summed E-state index contributed by atoms with van der Waals surface area (Å²) >= 11 is 0. The van der Waals surface area contributed by atoms with Crippen LogP contribution in [0.1, 0.15) is 29.8 Å². The number of rotatable bonds is 8. The van der Waals surface area contributed by atoms with E-state index in [-0.39, 0.29) is 5.91 Å². The average Bonchev–Trinajstić information content (AvgIpc) is 3.22. The quantitative estimate of drug-likeness (QED) is 0.419. The molecule has 33 heavy (non-hydrogen) atoms. The average molecular weight is 447 g/mol. The second kappa shape index (κ2) is 9.60. The van der Waals surface area contributed by atoms with E-state index in [1.807, 2.05) is 57.2 Å². The Morgan fingerprint density at radius 1 is 0.879 bits per heavy atom. The summed E-state index contributed by atoms with van der Waals surface area (Å²) in [4.78, 5) is 14.6. The Kier molecular flexibility index (Phi) is 6.44. The molecule has 4 aromatic rings. The molecule has 0 fully saturated rings. The monoisotopic (exact) mass is 446 g/mol. The largest absolute Gasteiger partial charge is 0.497 e. The summed E-state index contributed by atoms with van der Waals surface area (Å²) in [5.74, 6) is 1.67. The van der Waals surface area contributed by atoms with E-state index < -0.39 is 0 Å². The lowest BCUT2D eigenvalue weighted by Crippen LogP contribution is -2.13. The van der Waals surface area contributed by atoms with E-state index in [9.17, 15) is 4.79 Å². The summed E-state index contributed by atoms with van der Waals surface area (Å²) in [5.41, 5.74) is 4.21. The highest BCUT2D eigenvalue weighted by atomic mass is 16.5. The Balaban J connectivity index is 1.62. The van der Waals surface area contributed by atoms with Crippen molar-refractivity contribution < 1.29 is 19.0 Å². The van der Waals surface area contributed by atoms with Gasteiger partial charge in [-0.1, -0.05) is 0 Å². The van der Waals surface area contributed by atoms with Gasteiger partial charge in [-0.2, -0.15) is 4.80 Å². The molecule has 4 rings (SSSR count). The number of fused-ring (bicyclic) bond motifs is 1. The van der Waals surface area contributed by atoms with Gasteiger partial charge in [0.25, 0.3) is 5.91 Å². The Labute approximate surface area is 192 Å². The molecule has 0 spiro atoms. The lowest BCUT2D eigenvalue weighted by atomic mass is 10.1. The van der Waals surface area contributed by atoms with Gasteiger partial charge in [-0.25, -0.2) is 0 Å². The molecule has 1 aromatic heterocycles. The molecular formula is C25H26N4O4. The first-order chi connectivity index (χ1) is 16.0. The van der Waals surface area contributed by atoms with Crippen molar-refractivity contribution >= 4 is 22.6 Å². The molecule has 0 unspecified atom stereocenters. The fraction of sp³-hybridized carbons (Fsp3) is 0.240. The number of methoxy groups -OCH3 is 1. The van der Waals surface area contributed by atoms with Crippen LogP contribution in [0.2, 0.25) is 0 Å². The number of anilines is 1. The van der Waals surface area contributed by atoms with Gasteiger partial charge in [-0.3, -0.25) is 4.79 Å². The number of carbonyl (C=O) groups is 1. The second-order valence-corrected chi connectivity index (χ2v) is 7.36. The van der Waals surface area contributed by atoms with Gasteiger partial charge in [0.2, 0.25) is 0 Å². The Hall–Kier alpha value is -4.07. The van der Waals surface area contributed by atoms with E-state index in [4.69, 9.17) is 14.2 Å². The first kappa shape index (κ1) is 22.1. The molecule has 0 atom stereocenters. The van der Waals surface area contributed by atoms with Crippen molar-refractivity contribution in [1.82, 2.24) is 15.0 Å². The zero-order chi connectivity index (χ0) is 23.4. The molecule has 170 valence electrons. The number of hydrogen-bond donors (Lipinski definition) is 1. The predicted octanol–water partition coefficient (Wildman–Crippen LogP) is 4.79. The number of amides is 1. The van der Waals surface area contributed by atoms with Crippen LogP contribution in [-0.2, 0) is 0 Å². The Morgan fingerprint density at radius 3 is 2.06 bits per heavy atom. The van der Waals surface area contributed by atoms with E-state index in [2.05, 4.69) is 15.5 Å². The smallest absolute Gasteiger partial charge is 0.255 e. The van der Waals surface area contributed by atoms with Crippen LogP contribution < -0.4 is 19.5 Å². The summed E-state index contributed by atoms with van der Waals surface area (Å²) in [6, 6.07) is 16.4. The summed E-state index contributed by atoms with van der Waals surface area (Å²) in [6.07, 6.45) is 0. The minimum absolute atomic E-state index is 0.262. The molecule has 8 nitrogen and oxygen atoms in total. The minimum atomic E-state index is -0.262. The molecule has 0 radical (unpaired) electrons. The van der Waals surface area contributed by atoms with Crippen LogP contribution in [0.5, 0.6) is 17.2 Å². The van der Waals surface area contributed by atoms with Crippen LogP contribution in [0.25, 0.3) is 16.7 Å². The molecule has 0 saturated carbocycles. The zero-order valence-electron chi connectivity index (χ0n) is 19.1. The fourth-order valence-corrected chi connectivity index (χ4v) is 3.43. The molecule has 0 bridgehead atoms. The lowest BCUT2D eigenvalue weighted by molar-refractivity contribution is 0.102. The maximum absolute atomic E-state index is 13.0. The van der Waals surface area contributed by atoms with Crippen LogP contribution in [0, 0.1) is 6.92 Å². The first-order valence-electron chi connectivity index (χ1n) is 10.7. The minimum Gasteiger partial charge on any atom is -0.497 e. The SMILES string of the molecule is CCOc1cc(OCC)cc(C(=O)Nc2cc3nn(-c4ccc(OC)cc4)nc3cc2C)c1. The molecule has 1 amide bonds. The van der Waals surface area contributed by atoms with Gasteiger partial charge >= 0.3 is 0 Å². The van der Waals surface area contributed by atoms with E-state index in [0.717, 1.165) is 22.5 Å². The van der Waals surface area contributed by atoms with E-state index >= 15 is 0 Å². The van der Waals surface area contributed by atoms with Crippen LogP contribution in [-0.4, -0.2) is 41.2 Å². The van der Waals surface area contributed by atoms with Gasteiger partial charge in [-0.15, -0.1) is 10.2 Å². The molecule has 0 aliphatic heterocycles. The van der Waals surface area contributed by atoms with Crippen molar-refractivity contribution in [3.05, 3.63) is 65.7 Å². The predicted molar refractivity (Wildman–Crippen MR) is 127 cm³/mol. The summed E-state index contributed by atoms with van der Waals surface area (Å²) in [7, 11) is 1.62. The normalized spacial score (nSPS) is 10.8. The van der Waals surface area contributed by atoms with Crippen LogP contribution in [0.4, 0.5) is 5.69 Å². The number of aromatic nitrogens is 3. The number of hydrogen-bond acceptors (Lipinski definition) is 6. The van der Waals surface area contributed by atoms with Gasteiger partial charge in [0.1, 0.15) is 28.3 Å². The molecule has 1 heterocycles. The maximum atomic E-state index is 13.0. The maximum Gasteiger partial charge on any atom is 0.255 e. The molecular weight excluding hydrogens is 420 g/mol. The van der Waals surface area contributed by atoms with Crippen molar-refractivity contribution in [3.8, 4) is 22.9 Å². The highest BCUT2D eigenvalue weighted by Crippen LogP contribution is 2.26. The molecule has 1 N–H and O–H groups in total. The summed E-state index contributed by atoms with van der Waals surface area (Å²) in [5, 5.41) is 12.1. The van der Waals surface area contributed by atoms with Gasteiger partial charge in [0, 0.05) is 17.3 Å². The first-order valence-corrected chi connectivity index (χ1v) is 10.7. The summed E-state index contributed by atoms with van der Waals surface area (Å²) < 4.78 is 16.4. The highest BCUT2D eigenvalue weighted by molar-refractivity contribution is 6.06. The molecule has 0 aliphatic rings. The van der Waals surface area contributed by atoms with E-state index in [0.29, 0.717) is 41.5 Å². The van der Waals surface area contributed by atoms with Crippen molar-refractivity contribution in [3.63, 3.8) is 0 Å². The number of ether oxygens (including phenoxy) is 3. The van der Waals surface area contributed by atoms with E-state index in [1.165, 1.54) is 0 Å². The van der Waals surface area contributed by atoms with Crippen molar-refractivity contribution in [2.75, 3.05) is 25.6 Å². The van der Waals surface area contributed by atoms with Crippen LogP contribution in [0.3, 0.4) is 0 Å². The van der Waals surface area contributed by atoms with Crippen molar-refractivity contribution in [2.24, 2.45) is 0 Å². The van der Waals surface area contributed by atoms with Gasteiger partial charge in [0.15, 0.2) is 0 Å². The fourth-order valence-electron chi connectivity index (χ4n) is 3.43. The standard InChI is InChI=1S/C25H26N4O4/c1-5-32-20-12-17(13-21(14-20)33-6-2)25(30)26-22-15-24-23(11-16(22)3)27-29(28-24)18-7-9-19(31-4)10-8-18/h7-15H,5-6H2,1-4H3,(H,26,30). The van der Waals surface area contributed by atoms with Crippen molar-refractivity contribution in [2.45, 2.75) is 20.8 Å².